The number of benzene rings is 2. The van der Waals surface area contributed by atoms with Crippen LogP contribution >= 0.6 is 11.6 Å². The molecule has 1 unspecified atom stereocenters. The molecule has 0 saturated heterocycles. The Morgan fingerprint density at radius 1 is 1.14 bits per heavy atom. The Hall–Kier alpha value is -1.80. The molecule has 2 nitrogen and oxygen atoms in total. The van der Waals surface area contributed by atoms with E-state index in [4.69, 9.17) is 11.6 Å². The van der Waals surface area contributed by atoms with Crippen molar-refractivity contribution in [1.82, 2.24) is 9.55 Å². The lowest BCUT2D eigenvalue weighted by Crippen LogP contribution is -2.11. The molecule has 2 aromatic carbocycles. The molecule has 0 aliphatic heterocycles. The molecule has 108 valence electrons. The first-order valence-electron chi connectivity index (χ1n) is 7.26. The van der Waals surface area contributed by atoms with Gasteiger partial charge in [0.05, 0.1) is 16.9 Å². The van der Waals surface area contributed by atoms with Gasteiger partial charge < -0.3 is 4.57 Å². The van der Waals surface area contributed by atoms with Gasteiger partial charge in [0, 0.05) is 6.04 Å². The van der Waals surface area contributed by atoms with Gasteiger partial charge in [-0.3, -0.25) is 0 Å². The molecule has 0 amide bonds. The highest BCUT2D eigenvalue weighted by Crippen LogP contribution is 2.25. The lowest BCUT2D eigenvalue weighted by Gasteiger charge is -2.17. The third-order valence-corrected chi connectivity index (χ3v) is 4.09. The van der Waals surface area contributed by atoms with E-state index in [2.05, 4.69) is 65.9 Å². The zero-order chi connectivity index (χ0) is 14.8. The van der Waals surface area contributed by atoms with Crippen LogP contribution in [0.3, 0.4) is 0 Å². The number of rotatable bonds is 4. The Morgan fingerprint density at radius 2 is 1.90 bits per heavy atom. The number of hydrogen-bond acceptors (Lipinski definition) is 1. The van der Waals surface area contributed by atoms with E-state index in [0.29, 0.717) is 11.9 Å². The van der Waals surface area contributed by atoms with Crippen molar-refractivity contribution >= 4 is 22.6 Å². The maximum absolute atomic E-state index is 6.11. The fraction of sp³-hybridized carbons (Fsp3) is 0.278. The number of aromatic nitrogens is 2. The summed E-state index contributed by atoms with van der Waals surface area (Å²) in [6.07, 6.45) is 0.976. The summed E-state index contributed by atoms with van der Waals surface area (Å²) in [4.78, 5) is 4.69. The summed E-state index contributed by atoms with van der Waals surface area (Å²) in [7, 11) is 0. The maximum atomic E-state index is 6.11. The van der Waals surface area contributed by atoms with Gasteiger partial charge in [0.15, 0.2) is 0 Å². The van der Waals surface area contributed by atoms with Gasteiger partial charge in [-0.1, -0.05) is 36.4 Å². The van der Waals surface area contributed by atoms with Crippen molar-refractivity contribution < 1.29 is 0 Å². The van der Waals surface area contributed by atoms with Gasteiger partial charge in [-0.05, 0) is 43.5 Å². The second-order valence-electron chi connectivity index (χ2n) is 5.56. The normalized spacial score (nSPS) is 12.7. The molecular formula is C18H19ClN2. The third-order valence-electron chi connectivity index (χ3n) is 3.85. The number of hydrogen-bond donors (Lipinski definition) is 0. The highest BCUT2D eigenvalue weighted by molar-refractivity contribution is 6.16. The lowest BCUT2D eigenvalue weighted by atomic mass is 10.1. The Morgan fingerprint density at radius 3 is 2.62 bits per heavy atom. The first-order chi connectivity index (χ1) is 10.2. The first kappa shape index (κ1) is 14.2. The highest BCUT2D eigenvalue weighted by atomic mass is 35.5. The standard InChI is InChI=1S/C18H19ClN2/c1-13-8-9-17-16(10-13)20-18(12-19)21(17)14(2)11-15-6-4-3-5-7-15/h3-10,14H,11-12H2,1-2H3. The average Bonchev–Trinajstić information content (AvgIpc) is 2.85. The smallest absolute Gasteiger partial charge is 0.125 e. The molecule has 1 heterocycles. The Balaban J connectivity index is 2.02. The zero-order valence-electron chi connectivity index (χ0n) is 12.4. The summed E-state index contributed by atoms with van der Waals surface area (Å²) < 4.78 is 2.27. The van der Waals surface area contributed by atoms with Crippen molar-refractivity contribution in [2.75, 3.05) is 0 Å². The minimum Gasteiger partial charge on any atom is -0.324 e. The molecular weight excluding hydrogens is 280 g/mol. The molecule has 0 aliphatic carbocycles. The summed E-state index contributed by atoms with van der Waals surface area (Å²) in [5.41, 5.74) is 4.76. The predicted octanol–water partition coefficient (Wildman–Crippen LogP) is 4.89. The summed E-state index contributed by atoms with van der Waals surface area (Å²) in [6, 6.07) is 17.3. The Bertz CT molecular complexity index is 747. The molecule has 0 fully saturated rings. The van der Waals surface area contributed by atoms with Gasteiger partial charge in [-0.25, -0.2) is 4.98 Å². The van der Waals surface area contributed by atoms with Crippen LogP contribution in [0.25, 0.3) is 11.0 Å². The second kappa shape index (κ2) is 5.90. The van der Waals surface area contributed by atoms with E-state index < -0.39 is 0 Å². The van der Waals surface area contributed by atoms with Gasteiger partial charge in [0.1, 0.15) is 5.82 Å². The molecule has 3 heteroatoms. The van der Waals surface area contributed by atoms with E-state index in [0.717, 1.165) is 17.8 Å². The van der Waals surface area contributed by atoms with E-state index in [1.165, 1.54) is 16.6 Å². The molecule has 0 aliphatic rings. The van der Waals surface area contributed by atoms with E-state index in [1.807, 2.05) is 6.07 Å². The molecule has 3 aromatic rings. The minimum absolute atomic E-state index is 0.328. The minimum atomic E-state index is 0.328. The fourth-order valence-corrected chi connectivity index (χ4v) is 3.08. The van der Waals surface area contributed by atoms with E-state index in [-0.39, 0.29) is 0 Å². The van der Waals surface area contributed by atoms with Crippen LogP contribution < -0.4 is 0 Å². The van der Waals surface area contributed by atoms with Crippen LogP contribution in [-0.4, -0.2) is 9.55 Å². The van der Waals surface area contributed by atoms with Crippen molar-refractivity contribution in [3.8, 4) is 0 Å². The summed E-state index contributed by atoms with van der Waals surface area (Å²) in [6.45, 7) is 4.32. The SMILES string of the molecule is Cc1ccc2c(c1)nc(CCl)n2C(C)Cc1ccccc1. The second-order valence-corrected chi connectivity index (χ2v) is 5.83. The molecule has 0 radical (unpaired) electrons. The van der Waals surface area contributed by atoms with Gasteiger partial charge >= 0.3 is 0 Å². The van der Waals surface area contributed by atoms with E-state index >= 15 is 0 Å². The molecule has 1 aromatic heterocycles. The van der Waals surface area contributed by atoms with Crippen LogP contribution in [0.4, 0.5) is 0 Å². The average molecular weight is 299 g/mol. The maximum Gasteiger partial charge on any atom is 0.125 e. The van der Waals surface area contributed by atoms with Crippen molar-refractivity contribution in [3.05, 3.63) is 65.5 Å². The van der Waals surface area contributed by atoms with Crippen LogP contribution in [0.2, 0.25) is 0 Å². The van der Waals surface area contributed by atoms with Crippen molar-refractivity contribution in [2.24, 2.45) is 0 Å². The van der Waals surface area contributed by atoms with E-state index in [9.17, 15) is 0 Å². The number of halogens is 1. The number of alkyl halides is 1. The molecule has 0 N–H and O–H groups in total. The van der Waals surface area contributed by atoms with Gasteiger partial charge in [0.25, 0.3) is 0 Å². The monoisotopic (exact) mass is 298 g/mol. The summed E-state index contributed by atoms with van der Waals surface area (Å²) in [5, 5.41) is 0. The largest absolute Gasteiger partial charge is 0.324 e. The van der Waals surface area contributed by atoms with Gasteiger partial charge in [-0.2, -0.15) is 0 Å². The van der Waals surface area contributed by atoms with E-state index in [1.54, 1.807) is 0 Å². The van der Waals surface area contributed by atoms with Crippen LogP contribution in [0.1, 0.15) is 29.9 Å². The molecule has 3 rings (SSSR count). The first-order valence-corrected chi connectivity index (χ1v) is 7.80. The summed E-state index contributed by atoms with van der Waals surface area (Å²) >= 11 is 6.11. The molecule has 1 atom stereocenters. The topological polar surface area (TPSA) is 17.8 Å². The molecule has 0 spiro atoms. The quantitative estimate of drug-likeness (QED) is 0.627. The van der Waals surface area contributed by atoms with Crippen LogP contribution in [-0.2, 0) is 12.3 Å². The van der Waals surface area contributed by atoms with Crippen molar-refractivity contribution in [1.29, 1.82) is 0 Å². The van der Waals surface area contributed by atoms with Gasteiger partial charge in [-0.15, -0.1) is 11.6 Å². The van der Waals surface area contributed by atoms with Crippen LogP contribution in [0.15, 0.2) is 48.5 Å². The zero-order valence-corrected chi connectivity index (χ0v) is 13.1. The Kier molecular flexibility index (Phi) is 3.98. The molecule has 0 bridgehead atoms. The van der Waals surface area contributed by atoms with Crippen LogP contribution in [0, 0.1) is 6.92 Å². The third kappa shape index (κ3) is 2.81. The molecule has 0 saturated carbocycles. The summed E-state index contributed by atoms with van der Waals surface area (Å²) in [5.74, 6) is 1.38. The number of fused-ring (bicyclic) bond motifs is 1. The number of imidazole rings is 1. The predicted molar refractivity (Wildman–Crippen MR) is 88.9 cm³/mol. The lowest BCUT2D eigenvalue weighted by molar-refractivity contribution is 0.543. The Labute approximate surface area is 130 Å². The number of aryl methyl sites for hydroxylation is 1. The van der Waals surface area contributed by atoms with Crippen molar-refractivity contribution in [2.45, 2.75) is 32.2 Å². The molecule has 21 heavy (non-hydrogen) atoms. The van der Waals surface area contributed by atoms with Crippen LogP contribution in [0.5, 0.6) is 0 Å². The van der Waals surface area contributed by atoms with Crippen molar-refractivity contribution in [3.63, 3.8) is 0 Å². The fourth-order valence-electron chi connectivity index (χ4n) is 2.89. The number of nitrogens with zero attached hydrogens (tertiary/aromatic N) is 2. The highest BCUT2D eigenvalue weighted by Gasteiger charge is 2.15. The van der Waals surface area contributed by atoms with Gasteiger partial charge in [0.2, 0.25) is 0 Å².